The van der Waals surface area contributed by atoms with Crippen LogP contribution in [0.5, 0.6) is 0 Å². The molecule has 0 fully saturated rings. The number of rotatable bonds is 6. The van der Waals surface area contributed by atoms with Gasteiger partial charge in [-0.15, -0.1) is 6.58 Å². The Balaban J connectivity index is 2.79. The van der Waals surface area contributed by atoms with Gasteiger partial charge in [0.15, 0.2) is 0 Å². The van der Waals surface area contributed by atoms with E-state index in [0.717, 1.165) is 25.3 Å². The summed E-state index contributed by atoms with van der Waals surface area (Å²) in [6.07, 6.45) is 1.96. The molecule has 0 spiro atoms. The zero-order chi connectivity index (χ0) is 12.9. The number of nitrogens with zero attached hydrogens (tertiary/aromatic N) is 1. The number of anilines is 1. The van der Waals surface area contributed by atoms with Crippen LogP contribution in [0.15, 0.2) is 36.9 Å². The molecule has 2 heteroatoms. The van der Waals surface area contributed by atoms with Gasteiger partial charge < -0.3 is 5.73 Å². The van der Waals surface area contributed by atoms with Crippen molar-refractivity contribution in [3.05, 3.63) is 42.5 Å². The standard InChI is InChI=1S/C15H24N2/c1-5-11-17(6-2)12-15(3,4)13-7-9-14(16)10-8-13/h5,7-10H,1,6,11-12,16H2,2-4H3. The zero-order valence-electron chi connectivity index (χ0n) is 11.2. The Labute approximate surface area is 105 Å². The summed E-state index contributed by atoms with van der Waals surface area (Å²) in [5.41, 5.74) is 8.00. The van der Waals surface area contributed by atoms with Crippen LogP contribution in [0, 0.1) is 0 Å². The van der Waals surface area contributed by atoms with E-state index in [1.54, 1.807) is 0 Å². The molecule has 17 heavy (non-hydrogen) atoms. The average Bonchev–Trinajstić information content (AvgIpc) is 2.28. The van der Waals surface area contributed by atoms with Crippen molar-refractivity contribution in [1.29, 1.82) is 0 Å². The first-order chi connectivity index (χ1) is 7.99. The van der Waals surface area contributed by atoms with Crippen molar-refractivity contribution < 1.29 is 0 Å². The van der Waals surface area contributed by atoms with Crippen LogP contribution in [0.25, 0.3) is 0 Å². The summed E-state index contributed by atoms with van der Waals surface area (Å²) in [6, 6.07) is 8.19. The molecule has 0 heterocycles. The van der Waals surface area contributed by atoms with Gasteiger partial charge in [-0.2, -0.15) is 0 Å². The summed E-state index contributed by atoms with van der Waals surface area (Å²) in [7, 11) is 0. The molecule has 94 valence electrons. The van der Waals surface area contributed by atoms with Crippen molar-refractivity contribution in [2.75, 3.05) is 25.4 Å². The molecule has 1 rings (SSSR count). The van der Waals surface area contributed by atoms with Gasteiger partial charge in [0.1, 0.15) is 0 Å². The number of likely N-dealkylation sites (N-methyl/N-ethyl adjacent to an activating group) is 1. The van der Waals surface area contributed by atoms with E-state index in [2.05, 4.69) is 44.4 Å². The van der Waals surface area contributed by atoms with Gasteiger partial charge in [-0.1, -0.05) is 39.0 Å². The van der Waals surface area contributed by atoms with Crippen LogP contribution in [0.1, 0.15) is 26.3 Å². The number of benzene rings is 1. The second-order valence-corrected chi connectivity index (χ2v) is 5.12. The number of hydrogen-bond donors (Lipinski definition) is 1. The maximum atomic E-state index is 5.72. The molecular weight excluding hydrogens is 208 g/mol. The van der Waals surface area contributed by atoms with E-state index in [1.807, 2.05) is 18.2 Å². The van der Waals surface area contributed by atoms with E-state index in [-0.39, 0.29) is 5.41 Å². The Kier molecular flexibility index (Phi) is 4.76. The van der Waals surface area contributed by atoms with Crippen molar-refractivity contribution in [2.45, 2.75) is 26.2 Å². The molecule has 0 aliphatic heterocycles. The van der Waals surface area contributed by atoms with Crippen molar-refractivity contribution >= 4 is 5.69 Å². The fraction of sp³-hybridized carbons (Fsp3) is 0.467. The molecule has 0 atom stereocenters. The Morgan fingerprint density at radius 1 is 1.29 bits per heavy atom. The second-order valence-electron chi connectivity index (χ2n) is 5.12. The van der Waals surface area contributed by atoms with Gasteiger partial charge in [-0.3, -0.25) is 4.90 Å². The smallest absolute Gasteiger partial charge is 0.0314 e. The summed E-state index contributed by atoms with van der Waals surface area (Å²) in [5, 5.41) is 0. The molecule has 0 saturated heterocycles. The molecule has 0 amide bonds. The van der Waals surface area contributed by atoms with Crippen LogP contribution in [0.4, 0.5) is 5.69 Å². The monoisotopic (exact) mass is 232 g/mol. The van der Waals surface area contributed by atoms with Crippen molar-refractivity contribution in [1.82, 2.24) is 4.90 Å². The van der Waals surface area contributed by atoms with Crippen LogP contribution < -0.4 is 5.73 Å². The maximum absolute atomic E-state index is 5.72. The molecular formula is C15H24N2. The van der Waals surface area contributed by atoms with Crippen LogP contribution >= 0.6 is 0 Å². The zero-order valence-corrected chi connectivity index (χ0v) is 11.2. The third-order valence-electron chi connectivity index (χ3n) is 3.15. The van der Waals surface area contributed by atoms with E-state index in [0.29, 0.717) is 0 Å². The van der Waals surface area contributed by atoms with Crippen LogP contribution in [-0.2, 0) is 5.41 Å². The summed E-state index contributed by atoms with van der Waals surface area (Å²) < 4.78 is 0. The van der Waals surface area contributed by atoms with E-state index >= 15 is 0 Å². The van der Waals surface area contributed by atoms with E-state index < -0.39 is 0 Å². The van der Waals surface area contributed by atoms with Crippen LogP contribution in [0.2, 0.25) is 0 Å². The minimum absolute atomic E-state index is 0.132. The summed E-state index contributed by atoms with van der Waals surface area (Å²) in [4.78, 5) is 2.39. The minimum Gasteiger partial charge on any atom is -0.399 e. The Hall–Kier alpha value is -1.28. The lowest BCUT2D eigenvalue weighted by atomic mass is 9.84. The quantitative estimate of drug-likeness (QED) is 0.603. The first-order valence-electron chi connectivity index (χ1n) is 6.19. The molecule has 0 bridgehead atoms. The number of nitrogen functional groups attached to an aromatic ring is 1. The van der Waals surface area contributed by atoms with Crippen molar-refractivity contribution in [3.63, 3.8) is 0 Å². The fourth-order valence-electron chi connectivity index (χ4n) is 2.07. The largest absolute Gasteiger partial charge is 0.399 e. The molecule has 0 aliphatic rings. The molecule has 1 aromatic carbocycles. The van der Waals surface area contributed by atoms with Gasteiger partial charge in [0.05, 0.1) is 0 Å². The van der Waals surface area contributed by atoms with Gasteiger partial charge in [-0.25, -0.2) is 0 Å². The topological polar surface area (TPSA) is 29.3 Å². The SMILES string of the molecule is C=CCN(CC)CC(C)(C)c1ccc(N)cc1. The molecule has 0 aromatic heterocycles. The normalized spacial score (nSPS) is 11.8. The highest BCUT2D eigenvalue weighted by Gasteiger charge is 2.22. The van der Waals surface area contributed by atoms with Gasteiger partial charge >= 0.3 is 0 Å². The Bertz CT molecular complexity index is 352. The lowest BCUT2D eigenvalue weighted by molar-refractivity contribution is 0.256. The fourth-order valence-corrected chi connectivity index (χ4v) is 2.07. The van der Waals surface area contributed by atoms with E-state index in [9.17, 15) is 0 Å². The summed E-state index contributed by atoms with van der Waals surface area (Å²) >= 11 is 0. The third-order valence-corrected chi connectivity index (χ3v) is 3.15. The summed E-state index contributed by atoms with van der Waals surface area (Å²) in [5.74, 6) is 0. The molecule has 0 aliphatic carbocycles. The predicted molar refractivity (Wildman–Crippen MR) is 76.2 cm³/mol. The van der Waals surface area contributed by atoms with Gasteiger partial charge in [0, 0.05) is 24.2 Å². The highest BCUT2D eigenvalue weighted by molar-refractivity contribution is 5.41. The molecule has 2 nitrogen and oxygen atoms in total. The van der Waals surface area contributed by atoms with Crippen LogP contribution in [-0.4, -0.2) is 24.5 Å². The van der Waals surface area contributed by atoms with Crippen LogP contribution in [0.3, 0.4) is 0 Å². The molecule has 1 aromatic rings. The van der Waals surface area contributed by atoms with Gasteiger partial charge in [0.25, 0.3) is 0 Å². The highest BCUT2D eigenvalue weighted by Crippen LogP contribution is 2.25. The number of nitrogens with two attached hydrogens (primary N) is 1. The lowest BCUT2D eigenvalue weighted by Crippen LogP contribution is -2.37. The third kappa shape index (κ3) is 3.90. The predicted octanol–water partition coefficient (Wildman–Crippen LogP) is 3.05. The minimum atomic E-state index is 0.132. The molecule has 0 unspecified atom stereocenters. The average molecular weight is 232 g/mol. The Morgan fingerprint density at radius 3 is 2.35 bits per heavy atom. The highest BCUT2D eigenvalue weighted by atomic mass is 15.1. The van der Waals surface area contributed by atoms with Crippen molar-refractivity contribution in [3.8, 4) is 0 Å². The van der Waals surface area contributed by atoms with E-state index in [4.69, 9.17) is 5.73 Å². The summed E-state index contributed by atoms with van der Waals surface area (Å²) in [6.45, 7) is 13.5. The molecule has 2 N–H and O–H groups in total. The maximum Gasteiger partial charge on any atom is 0.0314 e. The number of hydrogen-bond acceptors (Lipinski definition) is 2. The first-order valence-corrected chi connectivity index (χ1v) is 6.19. The van der Waals surface area contributed by atoms with Gasteiger partial charge in [0.2, 0.25) is 0 Å². The second kappa shape index (κ2) is 5.87. The first kappa shape index (κ1) is 13.8. The molecule has 0 saturated carbocycles. The Morgan fingerprint density at radius 2 is 1.88 bits per heavy atom. The van der Waals surface area contributed by atoms with Gasteiger partial charge in [-0.05, 0) is 24.2 Å². The molecule has 0 radical (unpaired) electrons. The van der Waals surface area contributed by atoms with E-state index in [1.165, 1.54) is 5.56 Å². The lowest BCUT2D eigenvalue weighted by Gasteiger charge is -2.32. The van der Waals surface area contributed by atoms with Crippen molar-refractivity contribution in [2.24, 2.45) is 0 Å².